The van der Waals surface area contributed by atoms with Crippen molar-refractivity contribution in [2.24, 2.45) is 57.2 Å². The molecule has 9 unspecified atom stereocenters. The summed E-state index contributed by atoms with van der Waals surface area (Å²) in [5.41, 5.74) is 2.15. The van der Waals surface area contributed by atoms with Crippen molar-refractivity contribution >= 4 is 5.78 Å². The molecule has 0 spiro atoms. The first-order chi connectivity index (χ1) is 14.4. The number of ketones is 1. The molecule has 0 aromatic rings. The van der Waals surface area contributed by atoms with Crippen LogP contribution < -0.4 is 0 Å². The van der Waals surface area contributed by atoms with E-state index in [9.17, 15) is 4.79 Å². The Kier molecular flexibility index (Phi) is 6.05. The zero-order valence-electron chi connectivity index (χ0n) is 22.2. The monoisotopic (exact) mass is 428 g/mol. The van der Waals surface area contributed by atoms with Crippen LogP contribution in [0.2, 0.25) is 0 Å². The van der Waals surface area contributed by atoms with Gasteiger partial charge in [-0.25, -0.2) is 0 Å². The van der Waals surface area contributed by atoms with Crippen LogP contribution in [0.5, 0.6) is 0 Å². The molecule has 0 radical (unpaired) electrons. The molecule has 4 fully saturated rings. The van der Waals surface area contributed by atoms with Gasteiger partial charge in [0.05, 0.1) is 0 Å². The van der Waals surface area contributed by atoms with Gasteiger partial charge in [0.2, 0.25) is 0 Å². The highest BCUT2D eigenvalue weighted by Crippen LogP contribution is 2.74. The number of hydrogen-bond donors (Lipinski definition) is 0. The van der Waals surface area contributed by atoms with Crippen LogP contribution in [-0.4, -0.2) is 5.78 Å². The molecule has 0 saturated heterocycles. The third-order valence-electron chi connectivity index (χ3n) is 12.7. The van der Waals surface area contributed by atoms with E-state index >= 15 is 0 Å². The highest BCUT2D eigenvalue weighted by molar-refractivity contribution is 5.77. The minimum Gasteiger partial charge on any atom is -0.300 e. The van der Waals surface area contributed by atoms with E-state index in [0.717, 1.165) is 36.0 Å². The lowest BCUT2D eigenvalue weighted by Crippen LogP contribution is -2.59. The second-order valence-corrected chi connectivity index (χ2v) is 14.3. The van der Waals surface area contributed by atoms with Gasteiger partial charge in [-0.1, -0.05) is 54.9 Å². The lowest BCUT2D eigenvalue weighted by Gasteiger charge is -2.67. The Bertz CT molecular complexity index is 693. The molecule has 1 heteroatoms. The van der Waals surface area contributed by atoms with E-state index in [2.05, 4.69) is 48.5 Å². The molecule has 178 valence electrons. The molecule has 0 aliphatic heterocycles. The standard InChI is InChI=1S/C30H52O/c1-20(22(3)31)10-11-21(2)23-14-18-30(8)25-12-13-26-27(4,5)16-9-17-28(26,6)24(25)15-19-29(23,30)7/h20-21,23-26H,9-19H2,1-8H3. The summed E-state index contributed by atoms with van der Waals surface area (Å²) in [6, 6.07) is 0. The molecule has 9 atom stereocenters. The highest BCUT2D eigenvalue weighted by atomic mass is 16.1. The molecule has 0 amide bonds. The molecule has 0 aromatic heterocycles. The molecular formula is C30H52O. The highest BCUT2D eigenvalue weighted by Gasteiger charge is 2.66. The predicted octanol–water partition coefficient (Wildman–Crippen LogP) is 8.70. The van der Waals surface area contributed by atoms with Crippen LogP contribution in [0.25, 0.3) is 0 Å². The van der Waals surface area contributed by atoms with Crippen molar-refractivity contribution in [3.8, 4) is 0 Å². The fraction of sp³-hybridized carbons (Fsp3) is 0.967. The van der Waals surface area contributed by atoms with Gasteiger partial charge in [-0.05, 0) is 122 Å². The second kappa shape index (κ2) is 7.87. The number of hydrogen-bond acceptors (Lipinski definition) is 1. The Labute approximate surface area is 193 Å². The minimum absolute atomic E-state index is 0.240. The van der Waals surface area contributed by atoms with Gasteiger partial charge in [-0.2, -0.15) is 0 Å². The molecular weight excluding hydrogens is 376 g/mol. The largest absolute Gasteiger partial charge is 0.300 e. The van der Waals surface area contributed by atoms with Crippen molar-refractivity contribution in [3.05, 3.63) is 0 Å². The van der Waals surface area contributed by atoms with E-state index in [1.165, 1.54) is 64.2 Å². The van der Waals surface area contributed by atoms with Gasteiger partial charge in [0.1, 0.15) is 5.78 Å². The molecule has 4 aliphatic rings. The number of Topliss-reactive ketones (excluding diaryl/α,β-unsaturated/α-hetero) is 1. The summed E-state index contributed by atoms with van der Waals surface area (Å²) >= 11 is 0. The SMILES string of the molecule is CC(=O)C(C)CCC(C)C1CCC2(C)C3CCC4C(C)(C)CCCC4(C)C3CCC12C. The molecule has 0 N–H and O–H groups in total. The Morgan fingerprint density at radius 1 is 0.806 bits per heavy atom. The number of fused-ring (bicyclic) bond motifs is 5. The molecule has 4 saturated carbocycles. The average Bonchev–Trinajstić information content (AvgIpc) is 2.96. The van der Waals surface area contributed by atoms with Crippen LogP contribution in [0.15, 0.2) is 0 Å². The molecule has 4 aliphatic carbocycles. The molecule has 4 rings (SSSR count). The first-order valence-electron chi connectivity index (χ1n) is 13.9. The van der Waals surface area contributed by atoms with Crippen molar-refractivity contribution in [1.82, 2.24) is 0 Å². The Hall–Kier alpha value is -0.330. The molecule has 0 aromatic carbocycles. The first-order valence-corrected chi connectivity index (χ1v) is 13.9. The Morgan fingerprint density at radius 3 is 2.16 bits per heavy atom. The first kappa shape index (κ1) is 23.8. The smallest absolute Gasteiger partial charge is 0.132 e. The van der Waals surface area contributed by atoms with E-state index in [1.54, 1.807) is 6.92 Å². The van der Waals surface area contributed by atoms with Gasteiger partial charge in [0.25, 0.3) is 0 Å². The van der Waals surface area contributed by atoms with Crippen molar-refractivity contribution < 1.29 is 4.79 Å². The van der Waals surface area contributed by atoms with Crippen molar-refractivity contribution in [2.45, 2.75) is 126 Å². The Balaban J connectivity index is 1.55. The van der Waals surface area contributed by atoms with Crippen molar-refractivity contribution in [1.29, 1.82) is 0 Å². The van der Waals surface area contributed by atoms with Crippen LogP contribution in [0, 0.1) is 57.2 Å². The van der Waals surface area contributed by atoms with E-state index in [4.69, 9.17) is 0 Å². The molecule has 0 bridgehead atoms. The maximum absolute atomic E-state index is 11.8. The quantitative estimate of drug-likeness (QED) is 0.428. The normalized spacial score (nSPS) is 48.3. The van der Waals surface area contributed by atoms with Crippen LogP contribution in [0.4, 0.5) is 0 Å². The summed E-state index contributed by atoms with van der Waals surface area (Å²) in [6.45, 7) is 19.7. The van der Waals surface area contributed by atoms with Gasteiger partial charge >= 0.3 is 0 Å². The summed E-state index contributed by atoms with van der Waals surface area (Å²) < 4.78 is 0. The van der Waals surface area contributed by atoms with Gasteiger partial charge in [-0.3, -0.25) is 4.79 Å². The third-order valence-corrected chi connectivity index (χ3v) is 12.7. The van der Waals surface area contributed by atoms with Crippen LogP contribution >= 0.6 is 0 Å². The van der Waals surface area contributed by atoms with E-state index in [0.29, 0.717) is 27.4 Å². The van der Waals surface area contributed by atoms with E-state index < -0.39 is 0 Å². The number of rotatable bonds is 5. The van der Waals surface area contributed by atoms with Gasteiger partial charge in [-0.15, -0.1) is 0 Å². The predicted molar refractivity (Wildman–Crippen MR) is 132 cm³/mol. The molecule has 1 nitrogen and oxygen atoms in total. The van der Waals surface area contributed by atoms with Crippen molar-refractivity contribution in [3.63, 3.8) is 0 Å². The summed E-state index contributed by atoms with van der Waals surface area (Å²) in [5, 5.41) is 0. The number of carbonyl (C=O) groups excluding carboxylic acids is 1. The lowest BCUT2D eigenvalue weighted by atomic mass is 9.38. The van der Waals surface area contributed by atoms with E-state index in [-0.39, 0.29) is 5.92 Å². The maximum atomic E-state index is 11.8. The van der Waals surface area contributed by atoms with Crippen molar-refractivity contribution in [2.75, 3.05) is 0 Å². The second-order valence-electron chi connectivity index (χ2n) is 14.3. The lowest BCUT2D eigenvalue weighted by molar-refractivity contribution is -0.179. The zero-order valence-corrected chi connectivity index (χ0v) is 22.2. The van der Waals surface area contributed by atoms with Gasteiger partial charge < -0.3 is 0 Å². The topological polar surface area (TPSA) is 17.1 Å². The zero-order chi connectivity index (χ0) is 22.8. The van der Waals surface area contributed by atoms with Gasteiger partial charge in [0, 0.05) is 5.92 Å². The molecule has 0 heterocycles. The van der Waals surface area contributed by atoms with Gasteiger partial charge in [0.15, 0.2) is 0 Å². The van der Waals surface area contributed by atoms with Crippen LogP contribution in [0.3, 0.4) is 0 Å². The number of carbonyl (C=O) groups is 1. The third kappa shape index (κ3) is 3.49. The fourth-order valence-corrected chi connectivity index (χ4v) is 10.5. The Morgan fingerprint density at radius 2 is 1.48 bits per heavy atom. The minimum atomic E-state index is 0.240. The average molecular weight is 429 g/mol. The molecule has 31 heavy (non-hydrogen) atoms. The summed E-state index contributed by atoms with van der Waals surface area (Å²) in [6.07, 6.45) is 15.5. The fourth-order valence-electron chi connectivity index (χ4n) is 10.5. The van der Waals surface area contributed by atoms with E-state index in [1.807, 2.05) is 0 Å². The summed E-state index contributed by atoms with van der Waals surface area (Å²) in [7, 11) is 0. The van der Waals surface area contributed by atoms with Crippen LogP contribution in [0.1, 0.15) is 126 Å². The summed E-state index contributed by atoms with van der Waals surface area (Å²) in [4.78, 5) is 11.8. The summed E-state index contributed by atoms with van der Waals surface area (Å²) in [5.74, 6) is 5.05. The van der Waals surface area contributed by atoms with Crippen LogP contribution in [-0.2, 0) is 4.79 Å². The maximum Gasteiger partial charge on any atom is 0.132 e.